The molecular weight excluding hydrogens is 214 g/mol. The number of aryl methyl sites for hydroxylation is 1. The highest BCUT2D eigenvalue weighted by Gasteiger charge is 2.15. The van der Waals surface area contributed by atoms with Gasteiger partial charge in [-0.15, -0.1) is 0 Å². The lowest BCUT2D eigenvalue weighted by Crippen LogP contribution is -2.18. The van der Waals surface area contributed by atoms with Crippen LogP contribution in [0.4, 0.5) is 0 Å². The standard InChI is InChI=1S/C13H17N3O/c1-9-6-11(17-3)4-5-12(9)13(14-2)10-7-15-16-8-10/h4-8,13-14H,1-3H3,(H,15,16). The van der Waals surface area contributed by atoms with Crippen LogP contribution in [0.2, 0.25) is 0 Å². The van der Waals surface area contributed by atoms with Crippen molar-refractivity contribution in [3.05, 3.63) is 47.3 Å². The van der Waals surface area contributed by atoms with Crippen molar-refractivity contribution in [3.8, 4) is 5.75 Å². The van der Waals surface area contributed by atoms with Gasteiger partial charge in [0.1, 0.15) is 5.75 Å². The van der Waals surface area contributed by atoms with Crippen LogP contribution in [0.3, 0.4) is 0 Å². The van der Waals surface area contributed by atoms with Crippen LogP contribution in [0.25, 0.3) is 0 Å². The summed E-state index contributed by atoms with van der Waals surface area (Å²) in [5, 5.41) is 10.1. The Bertz CT molecular complexity index is 479. The zero-order valence-electron chi connectivity index (χ0n) is 10.3. The van der Waals surface area contributed by atoms with Crippen molar-refractivity contribution in [2.75, 3.05) is 14.2 Å². The maximum absolute atomic E-state index is 5.22. The van der Waals surface area contributed by atoms with Gasteiger partial charge in [0.2, 0.25) is 0 Å². The summed E-state index contributed by atoms with van der Waals surface area (Å²) >= 11 is 0. The second kappa shape index (κ2) is 5.01. The molecule has 2 N–H and O–H groups in total. The van der Waals surface area contributed by atoms with Gasteiger partial charge in [0, 0.05) is 11.8 Å². The monoisotopic (exact) mass is 231 g/mol. The van der Waals surface area contributed by atoms with Crippen LogP contribution in [0, 0.1) is 6.92 Å². The first-order valence-electron chi connectivity index (χ1n) is 5.56. The molecule has 1 unspecified atom stereocenters. The maximum atomic E-state index is 5.22. The Kier molecular flexibility index (Phi) is 3.44. The summed E-state index contributed by atoms with van der Waals surface area (Å²) in [6.45, 7) is 2.09. The third kappa shape index (κ3) is 2.31. The summed E-state index contributed by atoms with van der Waals surface area (Å²) in [5.74, 6) is 0.883. The number of hydrogen-bond acceptors (Lipinski definition) is 3. The van der Waals surface area contributed by atoms with Crippen molar-refractivity contribution >= 4 is 0 Å². The average Bonchev–Trinajstić information content (AvgIpc) is 2.85. The van der Waals surface area contributed by atoms with Gasteiger partial charge >= 0.3 is 0 Å². The molecular formula is C13H17N3O. The minimum absolute atomic E-state index is 0.152. The molecule has 2 aromatic rings. The Morgan fingerprint density at radius 2 is 2.24 bits per heavy atom. The Morgan fingerprint density at radius 3 is 2.76 bits per heavy atom. The Morgan fingerprint density at radius 1 is 1.41 bits per heavy atom. The number of H-pyrrole nitrogens is 1. The molecule has 1 aromatic heterocycles. The van der Waals surface area contributed by atoms with E-state index in [9.17, 15) is 0 Å². The van der Waals surface area contributed by atoms with Gasteiger partial charge < -0.3 is 10.1 Å². The van der Waals surface area contributed by atoms with Crippen molar-refractivity contribution in [3.63, 3.8) is 0 Å². The van der Waals surface area contributed by atoms with E-state index < -0.39 is 0 Å². The van der Waals surface area contributed by atoms with Gasteiger partial charge in [-0.25, -0.2) is 0 Å². The van der Waals surface area contributed by atoms with E-state index in [0.29, 0.717) is 0 Å². The first kappa shape index (κ1) is 11.7. The van der Waals surface area contributed by atoms with Gasteiger partial charge in [-0.3, -0.25) is 5.10 Å². The predicted molar refractivity (Wildman–Crippen MR) is 67.2 cm³/mol. The summed E-state index contributed by atoms with van der Waals surface area (Å²) in [6, 6.07) is 6.26. The SMILES string of the molecule is CNC(c1cn[nH]c1)c1ccc(OC)cc1C. The fourth-order valence-corrected chi connectivity index (χ4v) is 2.02. The number of nitrogens with one attached hydrogen (secondary N) is 2. The summed E-state index contributed by atoms with van der Waals surface area (Å²) in [7, 11) is 3.63. The third-order valence-electron chi connectivity index (χ3n) is 2.93. The lowest BCUT2D eigenvalue weighted by Gasteiger charge is -2.18. The maximum Gasteiger partial charge on any atom is 0.119 e. The van der Waals surface area contributed by atoms with Gasteiger partial charge in [-0.1, -0.05) is 6.07 Å². The number of hydrogen-bond donors (Lipinski definition) is 2. The highest BCUT2D eigenvalue weighted by molar-refractivity contribution is 5.40. The number of rotatable bonds is 4. The van der Waals surface area contributed by atoms with Crippen molar-refractivity contribution in [1.82, 2.24) is 15.5 Å². The van der Waals surface area contributed by atoms with Crippen LogP contribution in [0.15, 0.2) is 30.6 Å². The molecule has 0 aliphatic rings. The second-order valence-electron chi connectivity index (χ2n) is 3.98. The van der Waals surface area contributed by atoms with E-state index >= 15 is 0 Å². The highest BCUT2D eigenvalue weighted by Crippen LogP contribution is 2.26. The van der Waals surface area contributed by atoms with E-state index in [-0.39, 0.29) is 6.04 Å². The molecule has 0 saturated carbocycles. The first-order valence-corrected chi connectivity index (χ1v) is 5.56. The molecule has 0 fully saturated rings. The zero-order chi connectivity index (χ0) is 12.3. The number of nitrogens with zero attached hydrogens (tertiary/aromatic N) is 1. The van der Waals surface area contributed by atoms with E-state index in [0.717, 1.165) is 11.3 Å². The van der Waals surface area contributed by atoms with Crippen LogP contribution in [-0.4, -0.2) is 24.4 Å². The summed E-state index contributed by atoms with van der Waals surface area (Å²) in [5.41, 5.74) is 3.56. The molecule has 1 heterocycles. The molecule has 0 saturated heterocycles. The smallest absolute Gasteiger partial charge is 0.119 e. The number of aromatic nitrogens is 2. The molecule has 4 heteroatoms. The molecule has 17 heavy (non-hydrogen) atoms. The predicted octanol–water partition coefficient (Wildman–Crippen LogP) is 2.04. The lowest BCUT2D eigenvalue weighted by atomic mass is 9.97. The highest BCUT2D eigenvalue weighted by atomic mass is 16.5. The number of ether oxygens (including phenoxy) is 1. The fraction of sp³-hybridized carbons (Fsp3) is 0.308. The molecule has 0 amide bonds. The van der Waals surface area contributed by atoms with Crippen LogP contribution >= 0.6 is 0 Å². The Hall–Kier alpha value is -1.81. The van der Waals surface area contributed by atoms with Crippen LogP contribution in [0.5, 0.6) is 5.75 Å². The van der Waals surface area contributed by atoms with Crippen molar-refractivity contribution < 1.29 is 4.74 Å². The van der Waals surface area contributed by atoms with Crippen LogP contribution < -0.4 is 10.1 Å². The molecule has 1 atom stereocenters. The largest absolute Gasteiger partial charge is 0.497 e. The zero-order valence-corrected chi connectivity index (χ0v) is 10.3. The summed E-state index contributed by atoms with van der Waals surface area (Å²) in [6.07, 6.45) is 3.75. The molecule has 2 rings (SSSR count). The minimum Gasteiger partial charge on any atom is -0.497 e. The van der Waals surface area contributed by atoms with Gasteiger partial charge in [0.25, 0.3) is 0 Å². The Labute approximate surface area is 101 Å². The first-order chi connectivity index (χ1) is 8.26. The van der Waals surface area contributed by atoms with E-state index in [1.165, 1.54) is 11.1 Å². The van der Waals surface area contributed by atoms with E-state index in [2.05, 4.69) is 28.5 Å². The number of aromatic amines is 1. The number of benzene rings is 1. The Balaban J connectivity index is 2.38. The van der Waals surface area contributed by atoms with Crippen molar-refractivity contribution in [2.45, 2.75) is 13.0 Å². The number of methoxy groups -OCH3 is 1. The molecule has 0 bridgehead atoms. The van der Waals surface area contributed by atoms with E-state index in [4.69, 9.17) is 4.74 Å². The lowest BCUT2D eigenvalue weighted by molar-refractivity contribution is 0.414. The summed E-state index contributed by atoms with van der Waals surface area (Å²) in [4.78, 5) is 0. The molecule has 1 aromatic carbocycles. The van der Waals surface area contributed by atoms with E-state index in [1.54, 1.807) is 7.11 Å². The van der Waals surface area contributed by atoms with E-state index in [1.807, 2.05) is 31.6 Å². The second-order valence-corrected chi connectivity index (χ2v) is 3.98. The van der Waals surface area contributed by atoms with Gasteiger partial charge in [0.15, 0.2) is 0 Å². The molecule has 0 radical (unpaired) electrons. The third-order valence-corrected chi connectivity index (χ3v) is 2.93. The normalized spacial score (nSPS) is 12.4. The molecule has 0 aliphatic carbocycles. The minimum atomic E-state index is 0.152. The fourth-order valence-electron chi connectivity index (χ4n) is 2.02. The van der Waals surface area contributed by atoms with Crippen LogP contribution in [-0.2, 0) is 0 Å². The molecule has 4 nitrogen and oxygen atoms in total. The van der Waals surface area contributed by atoms with Gasteiger partial charge in [-0.2, -0.15) is 5.10 Å². The van der Waals surface area contributed by atoms with Gasteiger partial charge in [-0.05, 0) is 37.2 Å². The van der Waals surface area contributed by atoms with Crippen molar-refractivity contribution in [1.29, 1.82) is 0 Å². The molecule has 0 aliphatic heterocycles. The topological polar surface area (TPSA) is 49.9 Å². The van der Waals surface area contributed by atoms with Crippen LogP contribution in [0.1, 0.15) is 22.7 Å². The van der Waals surface area contributed by atoms with Gasteiger partial charge in [0.05, 0.1) is 19.3 Å². The quantitative estimate of drug-likeness (QED) is 0.846. The summed E-state index contributed by atoms with van der Waals surface area (Å²) < 4.78 is 5.22. The molecule has 90 valence electrons. The molecule has 0 spiro atoms. The van der Waals surface area contributed by atoms with Crippen molar-refractivity contribution in [2.24, 2.45) is 0 Å². The average molecular weight is 231 g/mol.